The minimum absolute atomic E-state index is 0.144. The molecular formula is C53H44N4O4. The normalized spacial score (nSPS) is 12.7. The lowest BCUT2D eigenvalue weighted by Gasteiger charge is -2.23. The van der Waals surface area contributed by atoms with Crippen molar-refractivity contribution in [1.29, 1.82) is 0 Å². The molecule has 0 fully saturated rings. The summed E-state index contributed by atoms with van der Waals surface area (Å²) in [4.78, 5) is 8.92. The Hall–Kier alpha value is -7.58. The van der Waals surface area contributed by atoms with Gasteiger partial charge in [-0.05, 0) is 99.5 Å². The number of nitrogens with zero attached hydrogens (tertiary/aromatic N) is 4. The molecule has 61 heavy (non-hydrogen) atoms. The number of ether oxygens (including phenoxy) is 2. The van der Waals surface area contributed by atoms with Gasteiger partial charge in [-0.1, -0.05) is 72.8 Å². The van der Waals surface area contributed by atoms with Crippen LogP contribution in [0.15, 0.2) is 158 Å². The maximum atomic E-state index is 12.1. The highest BCUT2D eigenvalue weighted by Gasteiger charge is 2.24. The number of phenolic OH excluding ortho intramolecular Hbond substituents is 2. The van der Waals surface area contributed by atoms with Crippen LogP contribution in [0.4, 0.5) is 0 Å². The Morgan fingerprint density at radius 1 is 0.475 bits per heavy atom. The number of aromatic hydroxyl groups is 2. The number of hydrogen-bond acceptors (Lipinski definition) is 6. The largest absolute Gasteiger partial charge is 0.505 e. The summed E-state index contributed by atoms with van der Waals surface area (Å²) in [5, 5.41) is 28.7. The van der Waals surface area contributed by atoms with Crippen molar-refractivity contribution >= 4 is 43.6 Å². The van der Waals surface area contributed by atoms with Gasteiger partial charge >= 0.3 is 0 Å². The van der Waals surface area contributed by atoms with Crippen LogP contribution in [0.1, 0.15) is 31.4 Å². The molecule has 2 unspecified atom stereocenters. The Kier molecular flexibility index (Phi) is 9.40. The Morgan fingerprint density at radius 3 is 1.18 bits per heavy atom. The van der Waals surface area contributed by atoms with E-state index < -0.39 is 0 Å². The highest BCUT2D eigenvalue weighted by atomic mass is 16.5. The summed E-state index contributed by atoms with van der Waals surface area (Å²) in [5.74, 6) is 1.50. The van der Waals surface area contributed by atoms with Gasteiger partial charge < -0.3 is 28.8 Å². The van der Waals surface area contributed by atoms with E-state index in [0.29, 0.717) is 51.5 Å². The summed E-state index contributed by atoms with van der Waals surface area (Å²) in [5.41, 5.74) is 10.1. The number of phenols is 2. The fraction of sp³-hybridized carbons (Fsp3) is 0.132. The Bertz CT molecular complexity index is 2970. The third kappa shape index (κ3) is 6.57. The van der Waals surface area contributed by atoms with E-state index >= 15 is 0 Å². The van der Waals surface area contributed by atoms with Crippen LogP contribution < -0.4 is 9.47 Å². The molecule has 2 atom stereocenters. The summed E-state index contributed by atoms with van der Waals surface area (Å²) in [6.07, 6.45) is 6.89. The van der Waals surface area contributed by atoms with Gasteiger partial charge in [0.05, 0.1) is 45.6 Å². The van der Waals surface area contributed by atoms with Gasteiger partial charge in [-0.3, -0.25) is 9.97 Å². The number of benzene rings is 6. The molecule has 4 aromatic heterocycles. The number of pyridine rings is 2. The molecule has 8 nitrogen and oxygen atoms in total. The molecule has 0 aliphatic heterocycles. The van der Waals surface area contributed by atoms with E-state index in [2.05, 4.69) is 67.6 Å². The Labute approximate surface area is 353 Å². The highest BCUT2D eigenvalue weighted by Crippen LogP contribution is 2.45. The highest BCUT2D eigenvalue weighted by molar-refractivity contribution is 6.10. The summed E-state index contributed by atoms with van der Waals surface area (Å²) in [6.45, 7) is 8.10. The first-order valence-corrected chi connectivity index (χ1v) is 20.6. The molecule has 0 spiro atoms. The quantitative estimate of drug-likeness (QED) is 0.143. The van der Waals surface area contributed by atoms with Crippen molar-refractivity contribution in [3.63, 3.8) is 0 Å². The molecule has 0 amide bonds. The molecule has 0 saturated heterocycles. The summed E-state index contributed by atoms with van der Waals surface area (Å²) < 4.78 is 17.6. The molecule has 4 heterocycles. The van der Waals surface area contributed by atoms with Gasteiger partial charge in [0.25, 0.3) is 0 Å². The number of hydrogen-bond donors (Lipinski definition) is 2. The number of aromatic nitrogens is 4. The third-order valence-corrected chi connectivity index (χ3v) is 11.6. The van der Waals surface area contributed by atoms with Crippen molar-refractivity contribution in [3.8, 4) is 56.6 Å². The minimum atomic E-state index is -0.278. The number of rotatable bonds is 10. The van der Waals surface area contributed by atoms with E-state index in [1.807, 2.05) is 113 Å². The van der Waals surface area contributed by atoms with Crippen LogP contribution in [0.2, 0.25) is 0 Å². The third-order valence-electron chi connectivity index (χ3n) is 11.6. The van der Waals surface area contributed by atoms with E-state index in [1.54, 1.807) is 24.8 Å². The van der Waals surface area contributed by atoms with Crippen molar-refractivity contribution in [2.75, 3.05) is 0 Å². The standard InChI is InChI=1S/C53H44N4O4/c1-32-25-40(52(58)48(27-32)56-44-17-9-5-13-36(44)37-14-6-10-18-45(37)56)42-30-54-23-21-50(42)60-34(3)29-35(4)61-51-22-24-55-31-43(51)41-26-33(2)28-49(53(41)59)57-46-19-11-7-15-38(46)39-16-8-12-20-47(39)57/h5-28,30-31,34-35,58-59H,29H2,1-4H3. The Morgan fingerprint density at radius 2 is 0.820 bits per heavy atom. The minimum Gasteiger partial charge on any atom is -0.505 e. The van der Waals surface area contributed by atoms with Crippen LogP contribution in [0.25, 0.3) is 77.2 Å². The lowest BCUT2D eigenvalue weighted by Crippen LogP contribution is -2.23. The first-order valence-electron chi connectivity index (χ1n) is 20.6. The van der Waals surface area contributed by atoms with E-state index in [4.69, 9.17) is 9.47 Å². The van der Waals surface area contributed by atoms with Crippen LogP contribution in [0, 0.1) is 13.8 Å². The predicted molar refractivity (Wildman–Crippen MR) is 246 cm³/mol. The average molecular weight is 801 g/mol. The lowest BCUT2D eigenvalue weighted by molar-refractivity contribution is 0.131. The van der Waals surface area contributed by atoms with Crippen LogP contribution in [0.3, 0.4) is 0 Å². The molecule has 10 aromatic rings. The number of fused-ring (bicyclic) bond motifs is 6. The molecule has 6 aromatic carbocycles. The van der Waals surface area contributed by atoms with Gasteiger partial charge in [0, 0.05) is 75.0 Å². The van der Waals surface area contributed by atoms with Crippen LogP contribution in [0.5, 0.6) is 23.0 Å². The fourth-order valence-corrected chi connectivity index (χ4v) is 9.01. The van der Waals surface area contributed by atoms with Crippen molar-refractivity contribution < 1.29 is 19.7 Å². The molecule has 0 saturated carbocycles. The van der Waals surface area contributed by atoms with E-state index in [-0.39, 0.29) is 23.7 Å². The second kappa shape index (κ2) is 15.2. The van der Waals surface area contributed by atoms with Gasteiger partial charge in [-0.25, -0.2) is 0 Å². The number of aryl methyl sites for hydroxylation is 2. The molecule has 8 heteroatoms. The fourth-order valence-electron chi connectivity index (χ4n) is 9.01. The van der Waals surface area contributed by atoms with E-state index in [1.165, 1.54) is 0 Å². The van der Waals surface area contributed by atoms with Gasteiger partial charge in [0.1, 0.15) is 23.0 Å². The van der Waals surface area contributed by atoms with Gasteiger partial charge in [-0.2, -0.15) is 0 Å². The van der Waals surface area contributed by atoms with E-state index in [0.717, 1.165) is 54.7 Å². The van der Waals surface area contributed by atoms with E-state index in [9.17, 15) is 10.2 Å². The zero-order valence-corrected chi connectivity index (χ0v) is 34.4. The van der Waals surface area contributed by atoms with Crippen molar-refractivity contribution in [1.82, 2.24) is 19.1 Å². The lowest BCUT2D eigenvalue weighted by atomic mass is 10.0. The van der Waals surface area contributed by atoms with Crippen molar-refractivity contribution in [2.45, 2.75) is 46.3 Å². The molecule has 0 radical (unpaired) electrons. The zero-order valence-electron chi connectivity index (χ0n) is 34.4. The van der Waals surface area contributed by atoms with Crippen LogP contribution >= 0.6 is 0 Å². The number of para-hydroxylation sites is 4. The van der Waals surface area contributed by atoms with Crippen LogP contribution in [-0.2, 0) is 0 Å². The van der Waals surface area contributed by atoms with Crippen molar-refractivity contribution in [3.05, 3.63) is 169 Å². The van der Waals surface area contributed by atoms with Gasteiger partial charge in [0.2, 0.25) is 0 Å². The first kappa shape index (κ1) is 37.7. The molecular weight excluding hydrogens is 757 g/mol. The maximum Gasteiger partial charge on any atom is 0.147 e. The second-order valence-electron chi connectivity index (χ2n) is 15.9. The predicted octanol–water partition coefficient (Wildman–Crippen LogP) is 12.7. The Balaban J connectivity index is 0.936. The summed E-state index contributed by atoms with van der Waals surface area (Å²) >= 11 is 0. The molecule has 2 N–H and O–H groups in total. The monoisotopic (exact) mass is 800 g/mol. The molecule has 0 bridgehead atoms. The van der Waals surface area contributed by atoms with Gasteiger partial charge in [0.15, 0.2) is 0 Å². The van der Waals surface area contributed by atoms with Gasteiger partial charge in [-0.15, -0.1) is 0 Å². The second-order valence-corrected chi connectivity index (χ2v) is 15.9. The topological polar surface area (TPSA) is 94.6 Å². The maximum absolute atomic E-state index is 12.1. The molecule has 300 valence electrons. The molecule has 0 aliphatic rings. The molecule has 0 aliphatic carbocycles. The zero-order chi connectivity index (χ0) is 41.8. The SMILES string of the molecule is Cc1cc(-c2cnccc2OC(C)CC(C)Oc2ccncc2-c2cc(C)cc(-n3c4ccccc4c4ccccc43)c2O)c(O)c(-n2c3ccccc3c3ccccc32)c1. The molecule has 10 rings (SSSR count). The first-order chi connectivity index (χ1) is 29.7. The van der Waals surface area contributed by atoms with Crippen molar-refractivity contribution in [2.24, 2.45) is 0 Å². The average Bonchev–Trinajstić information content (AvgIpc) is 3.78. The summed E-state index contributed by atoms with van der Waals surface area (Å²) in [7, 11) is 0. The smallest absolute Gasteiger partial charge is 0.147 e. The summed E-state index contributed by atoms with van der Waals surface area (Å²) in [6, 6.07) is 44.8. The van der Waals surface area contributed by atoms with Crippen LogP contribution in [-0.4, -0.2) is 41.5 Å².